The van der Waals surface area contributed by atoms with E-state index in [-0.39, 0.29) is 53.8 Å². The van der Waals surface area contributed by atoms with Crippen LogP contribution in [0.15, 0.2) is 36.4 Å². The third-order valence-corrected chi connectivity index (χ3v) is 6.25. The molecule has 1 fully saturated rings. The molecule has 1 saturated heterocycles. The predicted octanol–water partition coefficient (Wildman–Crippen LogP) is 3.24. The molecule has 0 saturated carbocycles. The number of aliphatic hydroxyl groups is 1. The molecule has 1 aliphatic rings. The number of aromatic nitrogens is 2. The Morgan fingerprint density at radius 2 is 1.91 bits per heavy atom. The van der Waals surface area contributed by atoms with Crippen molar-refractivity contribution in [3.63, 3.8) is 0 Å². The summed E-state index contributed by atoms with van der Waals surface area (Å²) in [6.07, 6.45) is 2.32. The fourth-order valence-corrected chi connectivity index (χ4v) is 4.19. The molecule has 190 valence electrons. The summed E-state index contributed by atoms with van der Waals surface area (Å²) in [5, 5.41) is 20.7. The molecule has 0 unspecified atom stereocenters. The van der Waals surface area contributed by atoms with Crippen LogP contribution < -0.4 is 5.32 Å². The smallest absolute Gasteiger partial charge is 0.274 e. The molecule has 0 bridgehead atoms. The fourth-order valence-electron chi connectivity index (χ4n) is 4.19. The number of hydrogen-bond donors (Lipinski definition) is 2. The summed E-state index contributed by atoms with van der Waals surface area (Å²) >= 11 is 0. The first-order valence-corrected chi connectivity index (χ1v) is 12.5. The lowest BCUT2D eigenvalue weighted by Crippen LogP contribution is -2.44. The van der Waals surface area contributed by atoms with Crippen molar-refractivity contribution in [1.82, 2.24) is 20.4 Å². The molecule has 35 heavy (non-hydrogen) atoms. The van der Waals surface area contributed by atoms with Gasteiger partial charge in [0, 0.05) is 13.1 Å². The number of ether oxygens (including phenoxy) is 1. The number of carbonyl (C=O) groups is 2. The van der Waals surface area contributed by atoms with Crippen molar-refractivity contribution in [2.24, 2.45) is 11.8 Å². The molecular weight excluding hydrogens is 444 g/mol. The summed E-state index contributed by atoms with van der Waals surface area (Å²) in [6.45, 7) is 9.46. The van der Waals surface area contributed by atoms with Gasteiger partial charge in [-0.2, -0.15) is 0 Å². The van der Waals surface area contributed by atoms with E-state index >= 15 is 0 Å². The summed E-state index contributed by atoms with van der Waals surface area (Å²) in [5.41, 5.74) is 2.24. The highest BCUT2D eigenvalue weighted by Gasteiger charge is 2.28. The number of nitrogens with one attached hydrogen (secondary N) is 1. The number of hydrogen-bond acceptors (Lipinski definition) is 6. The third kappa shape index (κ3) is 7.57. The van der Waals surface area contributed by atoms with E-state index in [0.29, 0.717) is 31.7 Å². The van der Waals surface area contributed by atoms with Gasteiger partial charge in [0.15, 0.2) is 11.4 Å². The number of amides is 2. The molecule has 1 aliphatic heterocycles. The molecule has 0 spiro atoms. The van der Waals surface area contributed by atoms with Gasteiger partial charge in [0.05, 0.1) is 25.4 Å². The molecule has 1 aromatic carbocycles. The molecule has 8 nitrogen and oxygen atoms in total. The highest BCUT2D eigenvalue weighted by Crippen LogP contribution is 2.19. The van der Waals surface area contributed by atoms with Crippen LogP contribution in [0.3, 0.4) is 0 Å². The molecule has 2 amide bonds. The van der Waals surface area contributed by atoms with Crippen molar-refractivity contribution in [2.45, 2.75) is 65.7 Å². The second-order valence-electron chi connectivity index (χ2n) is 10.0. The Balaban J connectivity index is 1.71. The molecule has 2 heterocycles. The summed E-state index contributed by atoms with van der Waals surface area (Å²) in [5.74, 6) is -0.245. The van der Waals surface area contributed by atoms with E-state index in [4.69, 9.17) is 4.74 Å². The number of benzene rings is 1. The first-order valence-electron chi connectivity index (χ1n) is 12.5. The van der Waals surface area contributed by atoms with E-state index in [2.05, 4.69) is 15.5 Å². The van der Waals surface area contributed by atoms with Gasteiger partial charge >= 0.3 is 0 Å². The number of carbonyl (C=O) groups excluding carboxylic acids is 2. The number of nitrogens with zero attached hydrogens (tertiary/aromatic N) is 3. The average molecular weight is 483 g/mol. The monoisotopic (exact) mass is 482 g/mol. The standard InChI is InChI=1S/C27H38N4O4/c1-18(2)13-21-14-23(29-30-25(21)26(33)28-24(16-32)19(3)4)27(34)31-12-8-11-22(15-31)35-17-20-9-6-5-7-10-20/h5-7,9-10,14,18-19,22,24,32H,8,11-13,15-17H2,1-4H3,(H,28,33)/t22-,24-/m1/s1. The predicted molar refractivity (Wildman–Crippen MR) is 134 cm³/mol. The van der Waals surface area contributed by atoms with Crippen LogP contribution in [0.25, 0.3) is 0 Å². The second-order valence-corrected chi connectivity index (χ2v) is 10.0. The van der Waals surface area contributed by atoms with E-state index in [0.717, 1.165) is 18.4 Å². The highest BCUT2D eigenvalue weighted by atomic mass is 16.5. The molecule has 0 radical (unpaired) electrons. The minimum Gasteiger partial charge on any atom is -0.394 e. The normalized spacial score (nSPS) is 17.0. The van der Waals surface area contributed by atoms with Crippen molar-refractivity contribution < 1.29 is 19.4 Å². The van der Waals surface area contributed by atoms with Gasteiger partial charge < -0.3 is 20.1 Å². The minimum absolute atomic E-state index is 0.0347. The second kappa shape index (κ2) is 12.7. The van der Waals surface area contributed by atoms with Crippen molar-refractivity contribution in [2.75, 3.05) is 19.7 Å². The lowest BCUT2D eigenvalue weighted by molar-refractivity contribution is -0.00692. The lowest BCUT2D eigenvalue weighted by Gasteiger charge is -2.32. The highest BCUT2D eigenvalue weighted by molar-refractivity contribution is 5.96. The molecule has 3 rings (SSSR count). The lowest BCUT2D eigenvalue weighted by atomic mass is 9.99. The van der Waals surface area contributed by atoms with Crippen LogP contribution in [0, 0.1) is 11.8 Å². The molecule has 0 aliphatic carbocycles. The Morgan fingerprint density at radius 1 is 1.17 bits per heavy atom. The zero-order valence-corrected chi connectivity index (χ0v) is 21.2. The van der Waals surface area contributed by atoms with Crippen molar-refractivity contribution in [1.29, 1.82) is 0 Å². The van der Waals surface area contributed by atoms with Gasteiger partial charge in [0.1, 0.15) is 0 Å². The summed E-state index contributed by atoms with van der Waals surface area (Å²) in [7, 11) is 0. The molecule has 8 heteroatoms. The zero-order valence-electron chi connectivity index (χ0n) is 21.2. The van der Waals surface area contributed by atoms with Gasteiger partial charge in [-0.3, -0.25) is 9.59 Å². The number of piperidine rings is 1. The van der Waals surface area contributed by atoms with E-state index in [1.807, 2.05) is 58.0 Å². The maximum atomic E-state index is 13.3. The third-order valence-electron chi connectivity index (χ3n) is 6.25. The van der Waals surface area contributed by atoms with E-state index < -0.39 is 0 Å². The van der Waals surface area contributed by atoms with Gasteiger partial charge in [-0.05, 0) is 48.3 Å². The van der Waals surface area contributed by atoms with Crippen LogP contribution >= 0.6 is 0 Å². The molecule has 2 aromatic rings. The van der Waals surface area contributed by atoms with E-state index in [1.165, 1.54) is 0 Å². The first-order chi connectivity index (χ1) is 16.8. The summed E-state index contributed by atoms with van der Waals surface area (Å²) in [6, 6.07) is 11.3. The molecular formula is C27H38N4O4. The quantitative estimate of drug-likeness (QED) is 0.539. The summed E-state index contributed by atoms with van der Waals surface area (Å²) < 4.78 is 6.08. The Kier molecular flexibility index (Phi) is 9.74. The average Bonchev–Trinajstić information content (AvgIpc) is 2.85. The topological polar surface area (TPSA) is 105 Å². The Bertz CT molecular complexity index is 980. The molecule has 1 aromatic heterocycles. The summed E-state index contributed by atoms with van der Waals surface area (Å²) in [4.78, 5) is 28.0. The largest absolute Gasteiger partial charge is 0.394 e. The van der Waals surface area contributed by atoms with Gasteiger partial charge in [-0.25, -0.2) is 0 Å². The number of rotatable bonds is 10. The zero-order chi connectivity index (χ0) is 25.4. The van der Waals surface area contributed by atoms with Crippen LogP contribution in [0.4, 0.5) is 0 Å². The Labute approximate surface area is 208 Å². The SMILES string of the molecule is CC(C)Cc1cc(C(=O)N2CCC[C@@H](OCc3ccccc3)C2)nnc1C(=O)N[C@H](CO)C(C)C. The van der Waals surface area contributed by atoms with Crippen molar-refractivity contribution in [3.8, 4) is 0 Å². The van der Waals surface area contributed by atoms with Gasteiger partial charge in [-0.15, -0.1) is 10.2 Å². The van der Waals surface area contributed by atoms with Gasteiger partial charge in [0.25, 0.3) is 11.8 Å². The van der Waals surface area contributed by atoms with E-state index in [9.17, 15) is 14.7 Å². The van der Waals surface area contributed by atoms with Crippen molar-refractivity contribution in [3.05, 3.63) is 58.9 Å². The molecule has 2 atom stereocenters. The maximum Gasteiger partial charge on any atom is 0.274 e. The number of likely N-dealkylation sites (tertiary alicyclic amines) is 1. The van der Waals surface area contributed by atoms with Crippen LogP contribution in [0.1, 0.15) is 72.6 Å². The van der Waals surface area contributed by atoms with Crippen LogP contribution in [-0.4, -0.2) is 63.9 Å². The fraction of sp³-hybridized carbons (Fsp3) is 0.556. The van der Waals surface area contributed by atoms with Gasteiger partial charge in [0.2, 0.25) is 0 Å². The van der Waals surface area contributed by atoms with Gasteiger partial charge in [-0.1, -0.05) is 58.0 Å². The minimum atomic E-state index is -0.382. The first kappa shape index (κ1) is 26.8. The van der Waals surface area contributed by atoms with E-state index in [1.54, 1.807) is 11.0 Å². The number of aliphatic hydroxyl groups excluding tert-OH is 1. The van der Waals surface area contributed by atoms with Crippen LogP contribution in [0.2, 0.25) is 0 Å². The Hall–Kier alpha value is -2.84. The van der Waals surface area contributed by atoms with Crippen molar-refractivity contribution >= 4 is 11.8 Å². The Morgan fingerprint density at radius 3 is 2.57 bits per heavy atom. The molecule has 2 N–H and O–H groups in total. The maximum absolute atomic E-state index is 13.3. The van der Waals surface area contributed by atoms with Crippen LogP contribution in [-0.2, 0) is 17.8 Å². The van der Waals surface area contributed by atoms with Crippen LogP contribution in [0.5, 0.6) is 0 Å².